The average molecular weight is 355 g/mol. The smallest absolute Gasteiger partial charge is 0.254 e. The summed E-state index contributed by atoms with van der Waals surface area (Å²) < 4.78 is 10.9. The number of rotatable bonds is 5. The van der Waals surface area contributed by atoms with E-state index in [0.29, 0.717) is 18.8 Å². The summed E-state index contributed by atoms with van der Waals surface area (Å²) in [5.74, 6) is 1.24. The van der Waals surface area contributed by atoms with Crippen LogP contribution >= 0.6 is 0 Å². The van der Waals surface area contributed by atoms with Gasteiger partial charge in [-0.2, -0.15) is 0 Å². The predicted octanol–water partition coefficient (Wildman–Crippen LogP) is 2.37. The lowest BCUT2D eigenvalue weighted by atomic mass is 10.0. The number of hydrogen-bond acceptors (Lipinski definition) is 4. The minimum atomic E-state index is -1.16. The summed E-state index contributed by atoms with van der Waals surface area (Å²) in [4.78, 5) is 14.3. The molecule has 2 aromatic rings. The molecule has 0 saturated heterocycles. The van der Waals surface area contributed by atoms with Crippen LogP contribution in [0.1, 0.15) is 16.7 Å². The van der Waals surface area contributed by atoms with Gasteiger partial charge in [-0.15, -0.1) is 0 Å². The van der Waals surface area contributed by atoms with Crippen molar-refractivity contribution in [2.45, 2.75) is 25.9 Å². The number of carbonyl (C=O) groups is 1. The zero-order valence-corrected chi connectivity index (χ0v) is 15.3. The molecule has 0 saturated carbocycles. The van der Waals surface area contributed by atoms with Crippen molar-refractivity contribution in [1.29, 1.82) is 0 Å². The number of para-hydroxylation sites is 1. The SMILES string of the molecule is COc1ccc2c(c1)CCN(C(=O)[C@@H](O)COc1ccccc1C)CC2. The first kappa shape index (κ1) is 18.3. The molecule has 138 valence electrons. The van der Waals surface area contributed by atoms with Gasteiger partial charge < -0.3 is 19.5 Å². The molecular weight excluding hydrogens is 330 g/mol. The molecule has 0 spiro atoms. The Balaban J connectivity index is 1.59. The van der Waals surface area contributed by atoms with E-state index in [0.717, 1.165) is 24.2 Å². The van der Waals surface area contributed by atoms with Crippen molar-refractivity contribution in [2.24, 2.45) is 0 Å². The van der Waals surface area contributed by atoms with Gasteiger partial charge in [0.1, 0.15) is 18.1 Å². The molecule has 0 aliphatic carbocycles. The number of amides is 1. The Morgan fingerprint density at radius 1 is 1.15 bits per heavy atom. The monoisotopic (exact) mass is 355 g/mol. The van der Waals surface area contributed by atoms with Crippen molar-refractivity contribution in [3.05, 3.63) is 59.2 Å². The van der Waals surface area contributed by atoms with Crippen LogP contribution in [-0.4, -0.2) is 48.8 Å². The highest BCUT2D eigenvalue weighted by atomic mass is 16.5. The lowest BCUT2D eigenvalue weighted by molar-refractivity contribution is -0.141. The minimum Gasteiger partial charge on any atom is -0.497 e. The maximum atomic E-state index is 12.6. The van der Waals surface area contributed by atoms with Crippen molar-refractivity contribution in [3.63, 3.8) is 0 Å². The number of aryl methyl sites for hydroxylation is 1. The van der Waals surface area contributed by atoms with Crippen molar-refractivity contribution < 1.29 is 19.4 Å². The quantitative estimate of drug-likeness (QED) is 0.895. The van der Waals surface area contributed by atoms with Gasteiger partial charge in [0.25, 0.3) is 5.91 Å². The molecule has 5 nitrogen and oxygen atoms in total. The van der Waals surface area contributed by atoms with Crippen LogP contribution in [0.3, 0.4) is 0 Å². The lowest BCUT2D eigenvalue weighted by Crippen LogP contribution is -2.43. The molecule has 3 rings (SSSR count). The molecule has 0 unspecified atom stereocenters. The Labute approximate surface area is 154 Å². The number of hydrogen-bond donors (Lipinski definition) is 1. The van der Waals surface area contributed by atoms with E-state index in [1.807, 2.05) is 43.3 Å². The van der Waals surface area contributed by atoms with E-state index in [1.54, 1.807) is 12.0 Å². The van der Waals surface area contributed by atoms with Gasteiger partial charge in [0, 0.05) is 13.1 Å². The first-order chi connectivity index (χ1) is 12.6. The van der Waals surface area contributed by atoms with Crippen LogP contribution in [0, 0.1) is 6.92 Å². The zero-order valence-electron chi connectivity index (χ0n) is 15.3. The van der Waals surface area contributed by atoms with Gasteiger partial charge in [-0.1, -0.05) is 24.3 Å². The first-order valence-electron chi connectivity index (χ1n) is 8.89. The van der Waals surface area contributed by atoms with Crippen molar-refractivity contribution in [2.75, 3.05) is 26.8 Å². The van der Waals surface area contributed by atoms with E-state index in [2.05, 4.69) is 6.07 Å². The summed E-state index contributed by atoms with van der Waals surface area (Å²) in [6, 6.07) is 13.6. The van der Waals surface area contributed by atoms with Gasteiger partial charge in [-0.25, -0.2) is 0 Å². The van der Waals surface area contributed by atoms with E-state index in [4.69, 9.17) is 9.47 Å². The van der Waals surface area contributed by atoms with Gasteiger partial charge in [-0.3, -0.25) is 4.79 Å². The molecule has 0 radical (unpaired) electrons. The summed E-state index contributed by atoms with van der Waals surface area (Å²) in [6.07, 6.45) is 0.366. The third-order valence-corrected chi connectivity index (χ3v) is 4.80. The summed E-state index contributed by atoms with van der Waals surface area (Å²) >= 11 is 0. The molecule has 0 bridgehead atoms. The fourth-order valence-corrected chi connectivity index (χ4v) is 3.22. The summed E-state index contributed by atoms with van der Waals surface area (Å²) in [5.41, 5.74) is 3.41. The molecule has 0 fully saturated rings. The van der Waals surface area contributed by atoms with Crippen molar-refractivity contribution in [1.82, 2.24) is 4.90 Å². The highest BCUT2D eigenvalue weighted by Crippen LogP contribution is 2.22. The van der Waals surface area contributed by atoms with Crippen molar-refractivity contribution in [3.8, 4) is 11.5 Å². The second kappa shape index (κ2) is 8.23. The number of fused-ring (bicyclic) bond motifs is 1. The second-order valence-corrected chi connectivity index (χ2v) is 6.55. The van der Waals surface area contributed by atoms with Crippen LogP contribution in [0.4, 0.5) is 0 Å². The molecule has 1 aliphatic heterocycles. The van der Waals surface area contributed by atoms with Crippen LogP contribution in [0.25, 0.3) is 0 Å². The molecule has 26 heavy (non-hydrogen) atoms. The van der Waals surface area contributed by atoms with Crippen LogP contribution in [-0.2, 0) is 17.6 Å². The second-order valence-electron chi connectivity index (χ2n) is 6.55. The van der Waals surface area contributed by atoms with E-state index in [-0.39, 0.29) is 12.5 Å². The third-order valence-electron chi connectivity index (χ3n) is 4.80. The molecule has 5 heteroatoms. The molecule has 2 aromatic carbocycles. The number of carbonyl (C=O) groups excluding carboxylic acids is 1. The highest BCUT2D eigenvalue weighted by molar-refractivity contribution is 5.81. The van der Waals surface area contributed by atoms with Gasteiger partial charge in [0.05, 0.1) is 7.11 Å². The summed E-state index contributed by atoms with van der Waals surface area (Å²) in [6.45, 7) is 3.07. The largest absolute Gasteiger partial charge is 0.497 e. The number of aliphatic hydroxyl groups is 1. The Morgan fingerprint density at radius 3 is 2.62 bits per heavy atom. The Bertz CT molecular complexity index is 774. The number of benzene rings is 2. The van der Waals surface area contributed by atoms with E-state index in [1.165, 1.54) is 11.1 Å². The van der Waals surface area contributed by atoms with Crippen LogP contribution in [0.5, 0.6) is 11.5 Å². The zero-order chi connectivity index (χ0) is 18.5. The Morgan fingerprint density at radius 2 is 1.88 bits per heavy atom. The number of methoxy groups -OCH3 is 1. The van der Waals surface area contributed by atoms with E-state index >= 15 is 0 Å². The van der Waals surface area contributed by atoms with E-state index < -0.39 is 6.10 Å². The van der Waals surface area contributed by atoms with Crippen LogP contribution < -0.4 is 9.47 Å². The normalized spacial score (nSPS) is 15.0. The van der Waals surface area contributed by atoms with Gasteiger partial charge in [0.2, 0.25) is 0 Å². The average Bonchev–Trinajstić information content (AvgIpc) is 2.88. The number of nitrogens with zero attached hydrogens (tertiary/aromatic N) is 1. The highest BCUT2D eigenvalue weighted by Gasteiger charge is 2.25. The third kappa shape index (κ3) is 4.17. The van der Waals surface area contributed by atoms with Crippen LogP contribution in [0.15, 0.2) is 42.5 Å². The summed E-state index contributed by atoms with van der Waals surface area (Å²) in [7, 11) is 1.65. The molecule has 1 atom stereocenters. The Kier molecular flexibility index (Phi) is 5.78. The number of ether oxygens (including phenoxy) is 2. The Hall–Kier alpha value is -2.53. The van der Waals surface area contributed by atoms with E-state index in [9.17, 15) is 9.90 Å². The van der Waals surface area contributed by atoms with Gasteiger partial charge >= 0.3 is 0 Å². The lowest BCUT2D eigenvalue weighted by Gasteiger charge is -2.23. The topological polar surface area (TPSA) is 59.0 Å². The maximum absolute atomic E-state index is 12.6. The summed E-state index contributed by atoms with van der Waals surface area (Å²) in [5, 5.41) is 10.3. The van der Waals surface area contributed by atoms with Crippen molar-refractivity contribution >= 4 is 5.91 Å². The molecule has 1 heterocycles. The molecule has 0 aromatic heterocycles. The number of aliphatic hydroxyl groups excluding tert-OH is 1. The predicted molar refractivity (Wildman–Crippen MR) is 99.7 cm³/mol. The van der Waals surface area contributed by atoms with Gasteiger partial charge in [0.15, 0.2) is 6.10 Å². The standard InChI is InChI=1S/C21H25NO4/c1-15-5-3-4-6-20(15)26-14-19(23)21(24)22-11-9-16-7-8-18(25-2)13-17(16)10-12-22/h3-8,13,19,23H,9-12,14H2,1-2H3/t19-/m0/s1. The molecule has 1 aliphatic rings. The van der Waals surface area contributed by atoms with Crippen LogP contribution in [0.2, 0.25) is 0 Å². The molecule has 1 N–H and O–H groups in total. The minimum absolute atomic E-state index is 0.0407. The van der Waals surface area contributed by atoms with Gasteiger partial charge in [-0.05, 0) is 54.7 Å². The fraction of sp³-hybridized carbons (Fsp3) is 0.381. The fourth-order valence-electron chi connectivity index (χ4n) is 3.22. The first-order valence-corrected chi connectivity index (χ1v) is 8.89. The maximum Gasteiger partial charge on any atom is 0.254 e. The molecular formula is C21H25NO4. The molecule has 1 amide bonds.